The maximum Gasteiger partial charge on any atom is 0.258 e. The summed E-state index contributed by atoms with van der Waals surface area (Å²) in [5.74, 6) is 0.183. The molecule has 1 heterocycles. The molecule has 1 aliphatic rings. The molecular weight excluding hydrogens is 392 g/mol. The third kappa shape index (κ3) is 6.28. The molecule has 1 aliphatic heterocycles. The third-order valence-electron chi connectivity index (χ3n) is 4.69. The van der Waals surface area contributed by atoms with E-state index >= 15 is 0 Å². The van der Waals surface area contributed by atoms with E-state index < -0.39 is 10.0 Å². The van der Waals surface area contributed by atoms with E-state index in [1.54, 1.807) is 6.92 Å². The second-order valence-corrected chi connectivity index (χ2v) is 8.67. The normalized spacial score (nSPS) is 17.6. The zero-order valence-corrected chi connectivity index (χ0v) is 17.2. The van der Waals surface area contributed by atoms with Gasteiger partial charge in [0.05, 0.1) is 11.0 Å². The zero-order valence-electron chi connectivity index (χ0n) is 16.3. The second kappa shape index (κ2) is 9.87. The fourth-order valence-electron chi connectivity index (χ4n) is 3.06. The Morgan fingerprint density at radius 1 is 1.17 bits per heavy atom. The lowest BCUT2D eigenvalue weighted by atomic mass is 10.1. The average Bonchev–Trinajstić information content (AvgIpc) is 3.25. The Morgan fingerprint density at radius 3 is 2.55 bits per heavy atom. The summed E-state index contributed by atoms with van der Waals surface area (Å²) in [6, 6.07) is 15.0. The smallest absolute Gasteiger partial charge is 0.258 e. The number of nitrogens with one attached hydrogen (secondary N) is 2. The van der Waals surface area contributed by atoms with E-state index in [-0.39, 0.29) is 29.6 Å². The second-order valence-electron chi connectivity index (χ2n) is 6.95. The van der Waals surface area contributed by atoms with Gasteiger partial charge < -0.3 is 14.8 Å². The number of rotatable bonds is 9. The van der Waals surface area contributed by atoms with Crippen molar-refractivity contribution in [2.75, 3.05) is 19.8 Å². The highest BCUT2D eigenvalue weighted by molar-refractivity contribution is 7.89. The molecule has 0 aliphatic carbocycles. The van der Waals surface area contributed by atoms with Crippen molar-refractivity contribution < 1.29 is 22.7 Å². The summed E-state index contributed by atoms with van der Waals surface area (Å²) in [4.78, 5) is 12.0. The van der Waals surface area contributed by atoms with Gasteiger partial charge in [-0.25, -0.2) is 13.1 Å². The molecule has 2 N–H and O–H groups in total. The van der Waals surface area contributed by atoms with Gasteiger partial charge in [0.1, 0.15) is 5.75 Å². The van der Waals surface area contributed by atoms with Crippen molar-refractivity contribution in [1.82, 2.24) is 10.0 Å². The quantitative estimate of drug-likeness (QED) is 0.652. The number of ether oxygens (including phenoxy) is 2. The molecule has 2 aromatic rings. The molecule has 0 saturated carbocycles. The summed E-state index contributed by atoms with van der Waals surface area (Å²) in [6.45, 7) is 2.87. The van der Waals surface area contributed by atoms with Gasteiger partial charge in [-0.3, -0.25) is 4.79 Å². The van der Waals surface area contributed by atoms with E-state index in [9.17, 15) is 13.2 Å². The van der Waals surface area contributed by atoms with Crippen molar-refractivity contribution in [2.24, 2.45) is 0 Å². The van der Waals surface area contributed by atoms with Crippen LogP contribution in [0.3, 0.4) is 0 Å². The largest absolute Gasteiger partial charge is 0.484 e. The van der Waals surface area contributed by atoms with Crippen LogP contribution in [-0.4, -0.2) is 40.2 Å². The number of hydrogen-bond donors (Lipinski definition) is 2. The Labute approximate surface area is 171 Å². The first-order valence-corrected chi connectivity index (χ1v) is 11.1. The zero-order chi connectivity index (χ0) is 20.7. The summed E-state index contributed by atoms with van der Waals surface area (Å²) in [7, 11) is -3.67. The van der Waals surface area contributed by atoms with Crippen LogP contribution in [-0.2, 0) is 19.6 Å². The Bertz CT molecular complexity index is 894. The van der Waals surface area contributed by atoms with Crippen LogP contribution in [0.25, 0.3) is 0 Å². The summed E-state index contributed by atoms with van der Waals surface area (Å²) >= 11 is 0. The van der Waals surface area contributed by atoms with Crippen LogP contribution in [0.1, 0.15) is 31.4 Å². The Morgan fingerprint density at radius 2 is 1.90 bits per heavy atom. The molecule has 3 rings (SSSR count). The highest BCUT2D eigenvalue weighted by atomic mass is 32.2. The molecule has 2 atom stereocenters. The van der Waals surface area contributed by atoms with Crippen LogP contribution in [0.5, 0.6) is 5.75 Å². The topological polar surface area (TPSA) is 93.7 Å². The first-order valence-electron chi connectivity index (χ1n) is 9.62. The number of benzene rings is 2. The fourth-order valence-corrected chi connectivity index (χ4v) is 4.29. The van der Waals surface area contributed by atoms with Crippen LogP contribution >= 0.6 is 0 Å². The molecule has 0 unspecified atom stereocenters. The van der Waals surface area contributed by atoms with Gasteiger partial charge in [-0.05, 0) is 49.6 Å². The van der Waals surface area contributed by atoms with Gasteiger partial charge in [0, 0.05) is 19.2 Å². The lowest BCUT2D eigenvalue weighted by Crippen LogP contribution is -2.35. The van der Waals surface area contributed by atoms with E-state index in [1.165, 1.54) is 24.3 Å². The van der Waals surface area contributed by atoms with Gasteiger partial charge >= 0.3 is 0 Å². The minimum atomic E-state index is -3.67. The molecule has 29 heavy (non-hydrogen) atoms. The van der Waals surface area contributed by atoms with Crippen LogP contribution in [0.15, 0.2) is 59.5 Å². The molecule has 0 radical (unpaired) electrons. The molecule has 1 fully saturated rings. The fraction of sp³-hybridized carbons (Fsp3) is 0.381. The first kappa shape index (κ1) is 21.3. The van der Waals surface area contributed by atoms with E-state index in [4.69, 9.17) is 9.47 Å². The van der Waals surface area contributed by atoms with E-state index in [1.807, 2.05) is 30.3 Å². The van der Waals surface area contributed by atoms with Gasteiger partial charge in [0.25, 0.3) is 5.91 Å². The molecule has 156 valence electrons. The Balaban J connectivity index is 1.50. The van der Waals surface area contributed by atoms with Crippen molar-refractivity contribution in [3.8, 4) is 5.75 Å². The molecule has 0 spiro atoms. The van der Waals surface area contributed by atoms with Crippen molar-refractivity contribution >= 4 is 15.9 Å². The number of sulfonamides is 1. The maximum absolute atomic E-state index is 12.6. The van der Waals surface area contributed by atoms with Crippen LogP contribution in [0, 0.1) is 0 Å². The highest BCUT2D eigenvalue weighted by Crippen LogP contribution is 2.19. The monoisotopic (exact) mass is 418 g/mol. The summed E-state index contributed by atoms with van der Waals surface area (Å²) in [5, 5.41) is 2.77. The lowest BCUT2D eigenvalue weighted by Gasteiger charge is -2.15. The maximum atomic E-state index is 12.6. The molecule has 2 aromatic carbocycles. The highest BCUT2D eigenvalue weighted by Gasteiger charge is 2.19. The third-order valence-corrected chi connectivity index (χ3v) is 6.24. The van der Waals surface area contributed by atoms with Gasteiger partial charge in [-0.1, -0.05) is 30.3 Å². The predicted octanol–water partition coefficient (Wildman–Crippen LogP) is 2.40. The molecule has 1 amide bonds. The molecule has 0 bridgehead atoms. The molecule has 8 heteroatoms. The van der Waals surface area contributed by atoms with Gasteiger partial charge in [0.15, 0.2) is 6.61 Å². The van der Waals surface area contributed by atoms with Crippen molar-refractivity contribution in [3.05, 3.63) is 60.2 Å². The molecular formula is C21H26N2O5S. The van der Waals surface area contributed by atoms with Gasteiger partial charge in [0.2, 0.25) is 10.0 Å². The van der Waals surface area contributed by atoms with Crippen molar-refractivity contribution in [2.45, 2.75) is 36.8 Å². The SMILES string of the molecule is C[C@H](NS(=O)(=O)c1ccc(OCC(=O)NC[C@H]2CCCO2)cc1)c1ccccc1. The number of hydrogen-bond acceptors (Lipinski definition) is 5. The number of carbonyl (C=O) groups excluding carboxylic acids is 1. The molecule has 0 aromatic heterocycles. The predicted molar refractivity (Wildman–Crippen MR) is 109 cm³/mol. The van der Waals surface area contributed by atoms with Crippen LogP contribution in [0.4, 0.5) is 0 Å². The van der Waals surface area contributed by atoms with Crippen molar-refractivity contribution in [1.29, 1.82) is 0 Å². The van der Waals surface area contributed by atoms with Gasteiger partial charge in [-0.2, -0.15) is 0 Å². The van der Waals surface area contributed by atoms with Crippen LogP contribution in [0.2, 0.25) is 0 Å². The van der Waals surface area contributed by atoms with Crippen LogP contribution < -0.4 is 14.8 Å². The summed E-state index contributed by atoms with van der Waals surface area (Å²) < 4.78 is 38.7. The van der Waals surface area contributed by atoms with Gasteiger partial charge in [-0.15, -0.1) is 0 Å². The number of amides is 1. The Hall–Kier alpha value is -2.42. The summed E-state index contributed by atoms with van der Waals surface area (Å²) in [5.41, 5.74) is 0.880. The van der Waals surface area contributed by atoms with Crippen molar-refractivity contribution in [3.63, 3.8) is 0 Å². The minimum absolute atomic E-state index is 0.0780. The minimum Gasteiger partial charge on any atom is -0.484 e. The summed E-state index contributed by atoms with van der Waals surface area (Å²) in [6.07, 6.45) is 2.05. The van der Waals surface area contributed by atoms with E-state index in [0.717, 1.165) is 25.0 Å². The lowest BCUT2D eigenvalue weighted by molar-refractivity contribution is -0.123. The standard InChI is InChI=1S/C21H26N2O5S/c1-16(17-6-3-2-4-7-17)23-29(25,26)20-11-9-18(10-12-20)28-15-21(24)22-14-19-8-5-13-27-19/h2-4,6-7,9-12,16,19,23H,5,8,13-15H2,1H3,(H,22,24)/t16-,19+/m0/s1. The average molecular weight is 419 g/mol. The van der Waals surface area contributed by atoms with E-state index in [2.05, 4.69) is 10.0 Å². The number of carbonyl (C=O) groups is 1. The van der Waals surface area contributed by atoms with E-state index in [0.29, 0.717) is 12.3 Å². The molecule has 7 nitrogen and oxygen atoms in total. The Kier molecular flexibility index (Phi) is 7.24. The first-order chi connectivity index (χ1) is 13.9. The molecule has 1 saturated heterocycles.